The van der Waals surface area contributed by atoms with E-state index >= 15 is 0 Å². The van der Waals surface area contributed by atoms with E-state index in [2.05, 4.69) is 6.92 Å². The first kappa shape index (κ1) is 19.7. The number of hydrogen-bond acceptors (Lipinski definition) is 2. The van der Waals surface area contributed by atoms with E-state index in [9.17, 15) is 9.59 Å². The van der Waals surface area contributed by atoms with Crippen LogP contribution in [0.3, 0.4) is 0 Å². The second kappa shape index (κ2) is 8.40. The molecular formula is C25H30N2O2. The quantitative estimate of drug-likeness (QED) is 0.665. The minimum atomic E-state index is -0.866. The average molecular weight is 391 g/mol. The number of nitrogens with zero attached hydrogens (tertiary/aromatic N) is 2. The Morgan fingerprint density at radius 1 is 1.00 bits per heavy atom. The van der Waals surface area contributed by atoms with Gasteiger partial charge in [-0.1, -0.05) is 55.5 Å². The van der Waals surface area contributed by atoms with Crippen LogP contribution >= 0.6 is 0 Å². The van der Waals surface area contributed by atoms with E-state index in [0.29, 0.717) is 19.4 Å². The summed E-state index contributed by atoms with van der Waals surface area (Å²) in [7, 11) is 0. The van der Waals surface area contributed by atoms with E-state index in [1.54, 1.807) is 0 Å². The summed E-state index contributed by atoms with van der Waals surface area (Å²) in [6.45, 7) is 3.41. The lowest BCUT2D eigenvalue weighted by molar-refractivity contribution is -0.146. The maximum Gasteiger partial charge on any atom is 0.242 e. The van der Waals surface area contributed by atoms with Crippen molar-refractivity contribution < 1.29 is 9.59 Å². The van der Waals surface area contributed by atoms with Gasteiger partial charge < -0.3 is 9.80 Å². The van der Waals surface area contributed by atoms with Crippen molar-refractivity contribution >= 4 is 17.5 Å². The summed E-state index contributed by atoms with van der Waals surface area (Å²) < 4.78 is 0. The van der Waals surface area contributed by atoms with Gasteiger partial charge in [-0.3, -0.25) is 9.59 Å². The maximum absolute atomic E-state index is 13.8. The van der Waals surface area contributed by atoms with E-state index in [-0.39, 0.29) is 17.9 Å². The van der Waals surface area contributed by atoms with Gasteiger partial charge in [0.15, 0.2) is 0 Å². The molecule has 2 amide bonds. The molecule has 2 fully saturated rings. The molecule has 0 N–H and O–H groups in total. The van der Waals surface area contributed by atoms with Crippen LogP contribution < -0.4 is 4.90 Å². The van der Waals surface area contributed by atoms with E-state index in [1.807, 2.05) is 70.5 Å². The van der Waals surface area contributed by atoms with Crippen LogP contribution in [0.5, 0.6) is 0 Å². The molecule has 4 rings (SSSR count). The Bertz CT molecular complexity index is 846. The van der Waals surface area contributed by atoms with Crippen molar-refractivity contribution in [1.82, 2.24) is 4.90 Å². The predicted octanol–water partition coefficient (Wildman–Crippen LogP) is 4.79. The largest absolute Gasteiger partial charge is 0.339 e. The van der Waals surface area contributed by atoms with Gasteiger partial charge in [0.2, 0.25) is 11.8 Å². The molecule has 1 unspecified atom stereocenters. The summed E-state index contributed by atoms with van der Waals surface area (Å²) in [5.41, 5.74) is 1.05. The third-order valence-electron chi connectivity index (χ3n) is 6.42. The highest BCUT2D eigenvalue weighted by atomic mass is 16.2. The number of anilines is 1. The monoisotopic (exact) mass is 390 g/mol. The van der Waals surface area contributed by atoms with E-state index in [0.717, 1.165) is 37.1 Å². The van der Waals surface area contributed by atoms with Gasteiger partial charge in [0.1, 0.15) is 5.41 Å². The predicted molar refractivity (Wildman–Crippen MR) is 115 cm³/mol. The van der Waals surface area contributed by atoms with Crippen LogP contribution in [0.2, 0.25) is 0 Å². The summed E-state index contributed by atoms with van der Waals surface area (Å²) in [5, 5.41) is 0. The van der Waals surface area contributed by atoms with Gasteiger partial charge in [0.05, 0.1) is 6.54 Å². The Morgan fingerprint density at radius 2 is 1.66 bits per heavy atom. The molecule has 1 heterocycles. The number of carbonyl (C=O) groups excluding carboxylic acids is 2. The minimum absolute atomic E-state index is 0.0435. The highest BCUT2D eigenvalue weighted by molar-refractivity contribution is 6.14. The Kier molecular flexibility index (Phi) is 5.70. The number of hydrogen-bond donors (Lipinski definition) is 0. The third kappa shape index (κ3) is 3.93. The second-order valence-electron chi connectivity index (χ2n) is 8.35. The lowest BCUT2D eigenvalue weighted by Gasteiger charge is -2.38. The molecule has 1 atom stereocenters. The van der Waals surface area contributed by atoms with E-state index in [1.165, 1.54) is 6.42 Å². The molecule has 2 aliphatic rings. The normalized spacial score (nSPS) is 20.2. The Morgan fingerprint density at radius 3 is 2.28 bits per heavy atom. The fourth-order valence-electron chi connectivity index (χ4n) is 4.52. The third-order valence-corrected chi connectivity index (χ3v) is 6.42. The maximum atomic E-state index is 13.8. The number of piperidine rings is 1. The SMILES string of the molecule is CCC1CCCCN1C(=O)C1(C(=O)N(Cc2ccccc2)c2ccccc2)CC1. The lowest BCUT2D eigenvalue weighted by atomic mass is 9.95. The molecule has 1 saturated carbocycles. The summed E-state index contributed by atoms with van der Waals surface area (Å²) >= 11 is 0. The van der Waals surface area contributed by atoms with Crippen molar-refractivity contribution in [3.63, 3.8) is 0 Å². The number of carbonyl (C=O) groups is 2. The van der Waals surface area contributed by atoms with Crippen molar-refractivity contribution in [2.24, 2.45) is 5.41 Å². The van der Waals surface area contributed by atoms with Crippen LogP contribution in [-0.2, 0) is 16.1 Å². The summed E-state index contributed by atoms with van der Waals surface area (Å²) in [4.78, 5) is 31.2. The van der Waals surface area contributed by atoms with Gasteiger partial charge in [-0.15, -0.1) is 0 Å². The standard InChI is InChI=1S/C25H30N2O2/c1-2-21-13-9-10-18-26(21)23(28)25(16-17-25)24(29)27(22-14-7-4-8-15-22)19-20-11-5-3-6-12-20/h3-8,11-12,14-15,21H,2,9-10,13,16-19H2,1H3. The van der Waals surface area contributed by atoms with Gasteiger partial charge >= 0.3 is 0 Å². The number of likely N-dealkylation sites (tertiary alicyclic amines) is 1. The number of para-hydroxylation sites is 1. The lowest BCUT2D eigenvalue weighted by Crippen LogP contribution is -2.51. The fourth-order valence-corrected chi connectivity index (χ4v) is 4.52. The van der Waals surface area contributed by atoms with Gasteiger partial charge in [-0.25, -0.2) is 0 Å². The molecule has 1 saturated heterocycles. The number of amides is 2. The first-order valence-electron chi connectivity index (χ1n) is 10.9. The smallest absolute Gasteiger partial charge is 0.242 e. The van der Waals surface area contributed by atoms with Crippen molar-refractivity contribution in [2.45, 2.75) is 58.0 Å². The van der Waals surface area contributed by atoms with E-state index in [4.69, 9.17) is 0 Å². The topological polar surface area (TPSA) is 40.6 Å². The molecule has 1 aliphatic heterocycles. The molecule has 1 aliphatic carbocycles. The first-order chi connectivity index (χ1) is 14.2. The van der Waals surface area contributed by atoms with Crippen LogP contribution in [0.25, 0.3) is 0 Å². The van der Waals surface area contributed by atoms with Crippen molar-refractivity contribution in [3.8, 4) is 0 Å². The molecule has 0 bridgehead atoms. The average Bonchev–Trinajstić information content (AvgIpc) is 3.60. The first-order valence-corrected chi connectivity index (χ1v) is 10.9. The molecule has 4 nitrogen and oxygen atoms in total. The molecule has 0 spiro atoms. The molecule has 4 heteroatoms. The Balaban J connectivity index is 1.62. The summed E-state index contributed by atoms with van der Waals surface area (Å²) in [6, 6.07) is 20.0. The van der Waals surface area contributed by atoms with Crippen LogP contribution in [0.4, 0.5) is 5.69 Å². The molecule has 2 aromatic rings. The summed E-state index contributed by atoms with van der Waals surface area (Å²) in [6.07, 6.45) is 5.55. The fraction of sp³-hybridized carbons (Fsp3) is 0.440. The molecular weight excluding hydrogens is 360 g/mol. The van der Waals surface area contributed by atoms with Crippen LogP contribution in [0, 0.1) is 5.41 Å². The van der Waals surface area contributed by atoms with Crippen molar-refractivity contribution in [2.75, 3.05) is 11.4 Å². The zero-order valence-corrected chi connectivity index (χ0v) is 17.2. The van der Waals surface area contributed by atoms with Crippen molar-refractivity contribution in [1.29, 1.82) is 0 Å². The number of benzene rings is 2. The molecule has 152 valence electrons. The van der Waals surface area contributed by atoms with Gasteiger partial charge in [-0.05, 0) is 56.2 Å². The van der Waals surface area contributed by atoms with Gasteiger partial charge in [0.25, 0.3) is 0 Å². The molecule has 2 aromatic carbocycles. The molecule has 0 radical (unpaired) electrons. The number of rotatable bonds is 6. The Hall–Kier alpha value is -2.62. The van der Waals surface area contributed by atoms with Crippen LogP contribution in [0.1, 0.15) is 51.0 Å². The minimum Gasteiger partial charge on any atom is -0.339 e. The highest BCUT2D eigenvalue weighted by Crippen LogP contribution is 2.50. The molecule has 0 aromatic heterocycles. The summed E-state index contributed by atoms with van der Waals surface area (Å²) in [5.74, 6) is 0.0148. The van der Waals surface area contributed by atoms with Crippen LogP contribution in [0.15, 0.2) is 60.7 Å². The zero-order valence-electron chi connectivity index (χ0n) is 17.2. The molecule has 29 heavy (non-hydrogen) atoms. The zero-order chi connectivity index (χ0) is 20.3. The van der Waals surface area contributed by atoms with Gasteiger partial charge in [-0.2, -0.15) is 0 Å². The van der Waals surface area contributed by atoms with Crippen molar-refractivity contribution in [3.05, 3.63) is 66.2 Å². The van der Waals surface area contributed by atoms with Gasteiger partial charge in [0, 0.05) is 18.3 Å². The Labute approximate surface area is 173 Å². The second-order valence-corrected chi connectivity index (χ2v) is 8.35. The highest BCUT2D eigenvalue weighted by Gasteiger charge is 2.60. The van der Waals surface area contributed by atoms with E-state index < -0.39 is 5.41 Å². The van der Waals surface area contributed by atoms with Crippen LogP contribution in [-0.4, -0.2) is 29.3 Å².